The van der Waals surface area contributed by atoms with E-state index in [1.165, 1.54) is 5.56 Å². The first-order valence-electron chi connectivity index (χ1n) is 6.15. The Kier molecular flexibility index (Phi) is 4.22. The molecule has 0 aliphatic heterocycles. The molecule has 2 aromatic rings. The number of nitrogens with zero attached hydrogens (tertiary/aromatic N) is 1. The molecule has 0 spiro atoms. The topological polar surface area (TPSA) is 32.3 Å². The van der Waals surface area contributed by atoms with Crippen molar-refractivity contribution in [2.75, 3.05) is 19.4 Å². The van der Waals surface area contributed by atoms with E-state index in [9.17, 15) is 4.79 Å². The third kappa shape index (κ3) is 3.35. The van der Waals surface area contributed by atoms with Gasteiger partial charge in [0.15, 0.2) is 0 Å². The van der Waals surface area contributed by atoms with Crippen molar-refractivity contribution in [2.24, 2.45) is 0 Å². The monoisotopic (exact) mass is 274 g/mol. The van der Waals surface area contributed by atoms with Crippen LogP contribution >= 0.6 is 11.3 Å². The highest BCUT2D eigenvalue weighted by Gasteiger charge is 2.09. The average molecular weight is 274 g/mol. The van der Waals surface area contributed by atoms with Gasteiger partial charge in [-0.25, -0.2) is 0 Å². The second-order valence-corrected chi connectivity index (χ2v) is 5.49. The van der Waals surface area contributed by atoms with Crippen LogP contribution in [0.5, 0.6) is 0 Å². The summed E-state index contributed by atoms with van der Waals surface area (Å²) in [5, 5.41) is 7.57. The number of thiophene rings is 1. The first kappa shape index (κ1) is 13.6. The summed E-state index contributed by atoms with van der Waals surface area (Å²) in [6, 6.07) is 7.87. The largest absolute Gasteiger partial charge is 0.381 e. The molecule has 19 heavy (non-hydrogen) atoms. The van der Waals surface area contributed by atoms with E-state index in [1.807, 2.05) is 25.1 Å². The summed E-state index contributed by atoms with van der Waals surface area (Å²) in [6.07, 6.45) is 0. The molecule has 0 radical (unpaired) electrons. The van der Waals surface area contributed by atoms with Crippen LogP contribution in [0.4, 0.5) is 5.69 Å². The van der Waals surface area contributed by atoms with Gasteiger partial charge in [0.25, 0.3) is 5.91 Å². The van der Waals surface area contributed by atoms with Gasteiger partial charge in [0, 0.05) is 31.9 Å². The second-order valence-electron chi connectivity index (χ2n) is 4.71. The van der Waals surface area contributed by atoms with Gasteiger partial charge in [-0.15, -0.1) is 0 Å². The number of aryl methyl sites for hydroxylation is 1. The second kappa shape index (κ2) is 5.89. The maximum Gasteiger partial charge on any atom is 0.253 e. The first-order chi connectivity index (χ1) is 9.08. The van der Waals surface area contributed by atoms with Crippen LogP contribution in [0.2, 0.25) is 0 Å². The smallest absolute Gasteiger partial charge is 0.253 e. The summed E-state index contributed by atoms with van der Waals surface area (Å²) < 4.78 is 0. The highest BCUT2D eigenvalue weighted by atomic mass is 32.1. The molecule has 4 heteroatoms. The van der Waals surface area contributed by atoms with Crippen molar-refractivity contribution in [3.8, 4) is 0 Å². The highest BCUT2D eigenvalue weighted by Crippen LogP contribution is 2.19. The zero-order valence-corrected chi connectivity index (χ0v) is 12.3. The third-order valence-corrected chi connectivity index (χ3v) is 3.69. The van der Waals surface area contributed by atoms with Gasteiger partial charge in [-0.2, -0.15) is 11.3 Å². The van der Waals surface area contributed by atoms with E-state index in [0.717, 1.165) is 17.8 Å². The molecule has 0 fully saturated rings. The van der Waals surface area contributed by atoms with Crippen molar-refractivity contribution < 1.29 is 4.79 Å². The Morgan fingerprint density at radius 2 is 2.11 bits per heavy atom. The molecule has 1 heterocycles. The van der Waals surface area contributed by atoms with E-state index in [-0.39, 0.29) is 5.91 Å². The van der Waals surface area contributed by atoms with E-state index >= 15 is 0 Å². The molecule has 1 aromatic heterocycles. The lowest BCUT2D eigenvalue weighted by Gasteiger charge is -2.14. The van der Waals surface area contributed by atoms with Gasteiger partial charge < -0.3 is 10.2 Å². The molecule has 0 saturated heterocycles. The zero-order valence-electron chi connectivity index (χ0n) is 11.4. The molecular formula is C15H18N2OS. The first-order valence-corrected chi connectivity index (χ1v) is 7.09. The van der Waals surface area contributed by atoms with Gasteiger partial charge in [-0.3, -0.25) is 4.79 Å². The Balaban J connectivity index is 2.15. The summed E-state index contributed by atoms with van der Waals surface area (Å²) in [5.74, 6) is 0.0265. The minimum absolute atomic E-state index is 0.0265. The van der Waals surface area contributed by atoms with Crippen LogP contribution in [0.25, 0.3) is 0 Å². The number of hydrogen-bond acceptors (Lipinski definition) is 3. The predicted octanol–water partition coefficient (Wildman–Crippen LogP) is 3.37. The summed E-state index contributed by atoms with van der Waals surface area (Å²) in [7, 11) is 3.53. The number of hydrogen-bond donors (Lipinski definition) is 1. The molecule has 100 valence electrons. The van der Waals surface area contributed by atoms with Gasteiger partial charge in [-0.1, -0.05) is 6.07 Å². The van der Waals surface area contributed by atoms with Crippen molar-refractivity contribution in [3.63, 3.8) is 0 Å². The molecule has 0 unspecified atom stereocenters. The van der Waals surface area contributed by atoms with Crippen LogP contribution in [0.15, 0.2) is 35.0 Å². The fourth-order valence-electron chi connectivity index (χ4n) is 1.79. The quantitative estimate of drug-likeness (QED) is 0.927. The average Bonchev–Trinajstić information content (AvgIpc) is 2.90. The Hall–Kier alpha value is -1.81. The van der Waals surface area contributed by atoms with Gasteiger partial charge in [-0.05, 0) is 47.0 Å². The highest BCUT2D eigenvalue weighted by molar-refractivity contribution is 7.07. The predicted molar refractivity (Wildman–Crippen MR) is 80.8 cm³/mol. The molecule has 0 saturated carbocycles. The van der Waals surface area contributed by atoms with Crippen LogP contribution in [0, 0.1) is 6.92 Å². The minimum atomic E-state index is 0.0265. The Morgan fingerprint density at radius 3 is 2.74 bits per heavy atom. The molecule has 1 amide bonds. The number of anilines is 1. The molecule has 1 aromatic carbocycles. The summed E-state index contributed by atoms with van der Waals surface area (Å²) in [6.45, 7) is 2.82. The van der Waals surface area contributed by atoms with Crippen molar-refractivity contribution in [1.29, 1.82) is 0 Å². The van der Waals surface area contributed by atoms with E-state index in [2.05, 4.69) is 22.1 Å². The molecular weight excluding hydrogens is 256 g/mol. The maximum absolute atomic E-state index is 11.9. The normalized spacial score (nSPS) is 10.3. The lowest BCUT2D eigenvalue weighted by Crippen LogP contribution is -2.21. The standard InChI is InChI=1S/C15H18N2OS/c1-11-4-5-13(15(18)17(2)3)8-14(11)16-9-12-6-7-19-10-12/h4-8,10,16H,9H2,1-3H3. The number of nitrogens with one attached hydrogen (secondary N) is 1. The van der Waals surface area contributed by atoms with Crippen molar-refractivity contribution >= 4 is 22.9 Å². The van der Waals surface area contributed by atoms with Crippen molar-refractivity contribution in [2.45, 2.75) is 13.5 Å². The van der Waals surface area contributed by atoms with Crippen LogP contribution in [0.3, 0.4) is 0 Å². The van der Waals surface area contributed by atoms with Crippen LogP contribution in [0.1, 0.15) is 21.5 Å². The van der Waals surface area contributed by atoms with E-state index < -0.39 is 0 Å². The van der Waals surface area contributed by atoms with E-state index in [0.29, 0.717) is 5.56 Å². The molecule has 0 aliphatic carbocycles. The summed E-state index contributed by atoms with van der Waals surface area (Å²) >= 11 is 1.69. The Bertz CT molecular complexity index is 562. The Morgan fingerprint density at radius 1 is 1.32 bits per heavy atom. The molecule has 1 N–H and O–H groups in total. The lowest BCUT2D eigenvalue weighted by atomic mass is 10.1. The lowest BCUT2D eigenvalue weighted by molar-refractivity contribution is 0.0827. The van der Waals surface area contributed by atoms with Crippen LogP contribution in [-0.2, 0) is 6.54 Å². The van der Waals surface area contributed by atoms with Gasteiger partial charge >= 0.3 is 0 Å². The molecule has 0 aliphatic rings. The molecule has 0 atom stereocenters. The Labute approximate surface area is 117 Å². The minimum Gasteiger partial charge on any atom is -0.381 e. The van der Waals surface area contributed by atoms with Crippen LogP contribution in [-0.4, -0.2) is 24.9 Å². The van der Waals surface area contributed by atoms with Crippen molar-refractivity contribution in [1.82, 2.24) is 4.90 Å². The number of rotatable bonds is 4. The van der Waals surface area contributed by atoms with E-state index in [1.54, 1.807) is 30.3 Å². The number of benzene rings is 1. The SMILES string of the molecule is Cc1ccc(C(=O)N(C)C)cc1NCc1ccsc1. The number of carbonyl (C=O) groups is 1. The molecule has 3 nitrogen and oxygen atoms in total. The molecule has 2 rings (SSSR count). The van der Waals surface area contributed by atoms with Gasteiger partial charge in [0.2, 0.25) is 0 Å². The number of carbonyl (C=O) groups excluding carboxylic acids is 1. The fraction of sp³-hybridized carbons (Fsp3) is 0.267. The summed E-state index contributed by atoms with van der Waals surface area (Å²) in [5.41, 5.74) is 4.13. The van der Waals surface area contributed by atoms with E-state index in [4.69, 9.17) is 0 Å². The third-order valence-electron chi connectivity index (χ3n) is 2.95. The van der Waals surface area contributed by atoms with Gasteiger partial charge in [0.1, 0.15) is 0 Å². The van der Waals surface area contributed by atoms with Crippen LogP contribution < -0.4 is 5.32 Å². The fourth-order valence-corrected chi connectivity index (χ4v) is 2.46. The molecule has 0 bridgehead atoms. The zero-order chi connectivity index (χ0) is 13.8. The van der Waals surface area contributed by atoms with Crippen molar-refractivity contribution in [3.05, 3.63) is 51.7 Å². The summed E-state index contributed by atoms with van der Waals surface area (Å²) in [4.78, 5) is 13.5. The maximum atomic E-state index is 11.9. The number of amides is 1. The van der Waals surface area contributed by atoms with Gasteiger partial charge in [0.05, 0.1) is 0 Å².